The van der Waals surface area contributed by atoms with Crippen LogP contribution in [0.4, 0.5) is 0 Å². The molecule has 0 heterocycles. The van der Waals surface area contributed by atoms with Gasteiger partial charge in [0.1, 0.15) is 0 Å². The van der Waals surface area contributed by atoms with Gasteiger partial charge in [0, 0.05) is 10.5 Å². The lowest BCUT2D eigenvalue weighted by Gasteiger charge is -2.29. The summed E-state index contributed by atoms with van der Waals surface area (Å²) < 4.78 is 1.20. The van der Waals surface area contributed by atoms with E-state index in [2.05, 4.69) is 41.9 Å². The molecule has 2 fully saturated rings. The van der Waals surface area contributed by atoms with Gasteiger partial charge in [0.05, 0.1) is 0 Å². The Labute approximate surface area is 118 Å². The maximum atomic E-state index is 6.59. The van der Waals surface area contributed by atoms with Gasteiger partial charge in [0.25, 0.3) is 0 Å². The van der Waals surface area contributed by atoms with Gasteiger partial charge in [-0.05, 0) is 73.6 Å². The molecule has 0 amide bonds. The van der Waals surface area contributed by atoms with Gasteiger partial charge in [-0.3, -0.25) is 0 Å². The highest BCUT2D eigenvalue weighted by Crippen LogP contribution is 2.52. The molecule has 2 saturated carbocycles. The molecule has 1 aromatic carbocycles. The average Bonchev–Trinajstić information content (AvgIpc) is 2.95. The number of halogens is 1. The van der Waals surface area contributed by atoms with Crippen LogP contribution in [0.15, 0.2) is 16.6 Å². The zero-order valence-corrected chi connectivity index (χ0v) is 12.8. The second kappa shape index (κ2) is 4.64. The van der Waals surface area contributed by atoms with Crippen LogP contribution in [-0.4, -0.2) is 0 Å². The monoisotopic (exact) mass is 307 g/mol. The van der Waals surface area contributed by atoms with Crippen molar-refractivity contribution in [3.8, 4) is 0 Å². The van der Waals surface area contributed by atoms with Crippen LogP contribution in [0.3, 0.4) is 0 Å². The Kier molecular flexibility index (Phi) is 3.27. The molecule has 0 aliphatic heterocycles. The van der Waals surface area contributed by atoms with Crippen LogP contribution in [0.5, 0.6) is 0 Å². The van der Waals surface area contributed by atoms with Crippen molar-refractivity contribution in [3.05, 3.63) is 33.3 Å². The molecule has 1 aromatic rings. The molecule has 0 radical (unpaired) electrons. The quantitative estimate of drug-likeness (QED) is 0.855. The van der Waals surface area contributed by atoms with Crippen LogP contribution in [0, 0.1) is 31.6 Å². The first-order chi connectivity index (χ1) is 8.56. The summed E-state index contributed by atoms with van der Waals surface area (Å²) >= 11 is 3.60. The van der Waals surface area contributed by atoms with E-state index in [1.54, 1.807) is 0 Å². The first kappa shape index (κ1) is 12.7. The van der Waals surface area contributed by atoms with Gasteiger partial charge < -0.3 is 5.73 Å². The van der Waals surface area contributed by atoms with E-state index in [1.807, 2.05) is 0 Å². The van der Waals surface area contributed by atoms with E-state index in [0.717, 1.165) is 17.8 Å². The van der Waals surface area contributed by atoms with Crippen molar-refractivity contribution in [3.63, 3.8) is 0 Å². The highest BCUT2D eigenvalue weighted by molar-refractivity contribution is 9.10. The minimum atomic E-state index is 0.243. The maximum Gasteiger partial charge on any atom is 0.0329 e. The predicted octanol–water partition coefficient (Wildman–Crippen LogP) is 4.50. The predicted molar refractivity (Wildman–Crippen MR) is 79.5 cm³/mol. The lowest BCUT2D eigenvalue weighted by Crippen LogP contribution is -2.26. The van der Waals surface area contributed by atoms with Crippen molar-refractivity contribution < 1.29 is 0 Å². The second-order valence-corrected chi connectivity index (χ2v) is 7.18. The summed E-state index contributed by atoms with van der Waals surface area (Å²) in [5.41, 5.74) is 10.6. The van der Waals surface area contributed by atoms with Gasteiger partial charge in [-0.1, -0.05) is 28.4 Å². The summed E-state index contributed by atoms with van der Waals surface area (Å²) in [5.74, 6) is 2.60. The molecular weight excluding hydrogens is 286 g/mol. The lowest BCUT2D eigenvalue weighted by atomic mass is 9.79. The van der Waals surface area contributed by atoms with E-state index in [4.69, 9.17) is 5.73 Å². The van der Waals surface area contributed by atoms with E-state index >= 15 is 0 Å². The third-order valence-corrected chi connectivity index (χ3v) is 6.01. The van der Waals surface area contributed by atoms with Crippen LogP contribution >= 0.6 is 15.9 Å². The first-order valence-corrected chi connectivity index (χ1v) is 7.87. The molecular formula is C16H22BrN. The summed E-state index contributed by atoms with van der Waals surface area (Å²) in [5, 5.41) is 0. The van der Waals surface area contributed by atoms with E-state index in [0.29, 0.717) is 0 Å². The molecule has 1 nitrogen and oxygen atoms in total. The van der Waals surface area contributed by atoms with Crippen LogP contribution in [0.25, 0.3) is 0 Å². The van der Waals surface area contributed by atoms with Crippen LogP contribution in [-0.2, 0) is 0 Å². The summed E-state index contributed by atoms with van der Waals surface area (Å²) in [6.45, 7) is 4.34. The zero-order chi connectivity index (χ0) is 12.9. The van der Waals surface area contributed by atoms with E-state index in [1.165, 1.54) is 46.8 Å². The minimum absolute atomic E-state index is 0.243. The number of hydrogen-bond donors (Lipinski definition) is 1. The molecule has 2 aliphatic carbocycles. The highest BCUT2D eigenvalue weighted by Gasteiger charge is 2.42. The Morgan fingerprint density at radius 3 is 2.56 bits per heavy atom. The van der Waals surface area contributed by atoms with Gasteiger partial charge in [-0.15, -0.1) is 0 Å². The summed E-state index contributed by atoms with van der Waals surface area (Å²) in [7, 11) is 0. The Morgan fingerprint density at radius 2 is 1.94 bits per heavy atom. The molecule has 2 N–H and O–H groups in total. The van der Waals surface area contributed by atoms with Crippen molar-refractivity contribution in [1.82, 2.24) is 0 Å². The number of fused-ring (bicyclic) bond motifs is 2. The second-order valence-electron chi connectivity index (χ2n) is 6.32. The molecule has 2 heteroatoms. The van der Waals surface area contributed by atoms with Gasteiger partial charge >= 0.3 is 0 Å². The molecule has 0 saturated heterocycles. The Balaban J connectivity index is 1.88. The largest absolute Gasteiger partial charge is 0.324 e. The normalized spacial score (nSPS) is 31.9. The molecule has 2 aliphatic rings. The molecule has 3 rings (SSSR count). The number of rotatable bonds is 2. The fraction of sp³-hybridized carbons (Fsp3) is 0.625. The highest BCUT2D eigenvalue weighted by atomic mass is 79.9. The standard InChI is InChI=1S/C16H22BrN/c1-9-6-15(17)10(2)5-13(9)16(18)14-8-11-3-4-12(14)7-11/h5-6,11-12,14,16H,3-4,7-8,18H2,1-2H3. The van der Waals surface area contributed by atoms with Crippen molar-refractivity contribution in [2.75, 3.05) is 0 Å². The fourth-order valence-electron chi connectivity index (χ4n) is 4.13. The number of aryl methyl sites for hydroxylation is 2. The SMILES string of the molecule is Cc1cc(C(N)C2CC3CCC2C3)c(C)cc1Br. The maximum absolute atomic E-state index is 6.59. The van der Waals surface area contributed by atoms with Gasteiger partial charge in [-0.2, -0.15) is 0 Å². The topological polar surface area (TPSA) is 26.0 Å². The number of benzene rings is 1. The van der Waals surface area contributed by atoms with E-state index < -0.39 is 0 Å². The van der Waals surface area contributed by atoms with Gasteiger partial charge in [0.2, 0.25) is 0 Å². The Bertz CT molecular complexity index is 468. The average molecular weight is 308 g/mol. The molecule has 0 aromatic heterocycles. The van der Waals surface area contributed by atoms with Crippen LogP contribution in [0.2, 0.25) is 0 Å². The summed E-state index contributed by atoms with van der Waals surface area (Å²) in [6, 6.07) is 4.75. The minimum Gasteiger partial charge on any atom is -0.324 e. The van der Waals surface area contributed by atoms with Crippen molar-refractivity contribution >= 4 is 15.9 Å². The molecule has 98 valence electrons. The number of nitrogens with two attached hydrogens (primary N) is 1. The fourth-order valence-corrected chi connectivity index (χ4v) is 4.58. The Hall–Kier alpha value is -0.340. The molecule has 4 atom stereocenters. The number of hydrogen-bond acceptors (Lipinski definition) is 1. The van der Waals surface area contributed by atoms with Gasteiger partial charge in [-0.25, -0.2) is 0 Å². The van der Waals surface area contributed by atoms with Gasteiger partial charge in [0.15, 0.2) is 0 Å². The molecule has 2 bridgehead atoms. The first-order valence-electron chi connectivity index (χ1n) is 7.08. The molecule has 4 unspecified atom stereocenters. The third-order valence-electron chi connectivity index (χ3n) is 5.16. The summed E-state index contributed by atoms with van der Waals surface area (Å²) in [4.78, 5) is 0. The van der Waals surface area contributed by atoms with E-state index in [-0.39, 0.29) is 6.04 Å². The smallest absolute Gasteiger partial charge is 0.0329 e. The van der Waals surface area contributed by atoms with E-state index in [9.17, 15) is 0 Å². The zero-order valence-electron chi connectivity index (χ0n) is 11.2. The summed E-state index contributed by atoms with van der Waals surface area (Å²) in [6.07, 6.45) is 5.66. The molecule has 0 spiro atoms. The van der Waals surface area contributed by atoms with Crippen molar-refractivity contribution in [1.29, 1.82) is 0 Å². The van der Waals surface area contributed by atoms with Crippen molar-refractivity contribution in [2.24, 2.45) is 23.5 Å². The van der Waals surface area contributed by atoms with Crippen LogP contribution < -0.4 is 5.73 Å². The van der Waals surface area contributed by atoms with Crippen molar-refractivity contribution in [2.45, 2.75) is 45.6 Å². The molecule has 18 heavy (non-hydrogen) atoms. The van der Waals surface area contributed by atoms with Crippen LogP contribution in [0.1, 0.15) is 48.4 Å². The Morgan fingerprint density at radius 1 is 1.17 bits per heavy atom. The third kappa shape index (κ3) is 2.04. The lowest BCUT2D eigenvalue weighted by molar-refractivity contribution is 0.284.